The van der Waals surface area contributed by atoms with Crippen molar-refractivity contribution in [2.24, 2.45) is 0 Å². The van der Waals surface area contributed by atoms with E-state index in [4.69, 9.17) is 14.7 Å². The summed E-state index contributed by atoms with van der Waals surface area (Å²) in [6, 6.07) is 6.25. The van der Waals surface area contributed by atoms with Gasteiger partial charge < -0.3 is 14.8 Å². The quantitative estimate of drug-likeness (QED) is 0.860. The van der Waals surface area contributed by atoms with Crippen LogP contribution in [0, 0.1) is 11.3 Å². The molecule has 2 rings (SSSR count). The predicted octanol–water partition coefficient (Wildman–Crippen LogP) is 2.10. The van der Waals surface area contributed by atoms with Crippen molar-refractivity contribution in [1.29, 1.82) is 5.26 Å². The Kier molecular flexibility index (Phi) is 6.43. The highest BCUT2D eigenvalue weighted by molar-refractivity contribution is 5.95. The number of rotatable bonds is 5. The molecule has 3 amide bonds. The molecule has 128 valence electrons. The van der Waals surface area contributed by atoms with Gasteiger partial charge >= 0.3 is 6.03 Å². The van der Waals surface area contributed by atoms with Gasteiger partial charge in [-0.05, 0) is 25.0 Å². The highest BCUT2D eigenvalue weighted by atomic mass is 16.5. The summed E-state index contributed by atoms with van der Waals surface area (Å²) in [6.07, 6.45) is 5.28. The van der Waals surface area contributed by atoms with Gasteiger partial charge in [0.1, 0.15) is 0 Å². The van der Waals surface area contributed by atoms with Crippen LogP contribution in [0.25, 0.3) is 0 Å². The number of hydrogen-bond acceptors (Lipinski definition) is 5. The van der Waals surface area contributed by atoms with E-state index in [2.05, 4.69) is 10.6 Å². The zero-order chi connectivity index (χ0) is 17.4. The zero-order valence-electron chi connectivity index (χ0n) is 13.6. The van der Waals surface area contributed by atoms with Crippen molar-refractivity contribution in [3.8, 4) is 17.6 Å². The Labute approximate surface area is 140 Å². The van der Waals surface area contributed by atoms with E-state index < -0.39 is 11.9 Å². The van der Waals surface area contributed by atoms with Gasteiger partial charge in [-0.15, -0.1) is 0 Å². The number of nitrogens with one attached hydrogen (secondary N) is 2. The van der Waals surface area contributed by atoms with Gasteiger partial charge in [-0.2, -0.15) is 5.26 Å². The zero-order valence-corrected chi connectivity index (χ0v) is 13.6. The number of nitrogens with zero attached hydrogens (tertiary/aromatic N) is 1. The molecule has 0 unspecified atom stereocenters. The number of nitriles is 1. The lowest BCUT2D eigenvalue weighted by Crippen LogP contribution is -2.46. The van der Waals surface area contributed by atoms with E-state index in [9.17, 15) is 9.59 Å². The maximum Gasteiger partial charge on any atom is 0.321 e. The number of carbonyl (C=O) groups excluding carboxylic acids is 2. The number of imide groups is 1. The van der Waals surface area contributed by atoms with Crippen molar-refractivity contribution in [1.82, 2.24) is 10.6 Å². The number of methoxy groups -OCH3 is 1. The monoisotopic (exact) mass is 331 g/mol. The fourth-order valence-electron chi connectivity index (χ4n) is 2.63. The highest BCUT2D eigenvalue weighted by Gasteiger charge is 2.17. The third-order valence-corrected chi connectivity index (χ3v) is 3.84. The lowest BCUT2D eigenvalue weighted by atomic mass is 9.96. The molecule has 1 aromatic carbocycles. The van der Waals surface area contributed by atoms with Crippen molar-refractivity contribution in [3.63, 3.8) is 0 Å². The van der Waals surface area contributed by atoms with Gasteiger partial charge in [0.2, 0.25) is 0 Å². The van der Waals surface area contributed by atoms with Gasteiger partial charge in [-0.25, -0.2) is 4.79 Å². The molecule has 1 fully saturated rings. The van der Waals surface area contributed by atoms with Gasteiger partial charge in [0.25, 0.3) is 5.91 Å². The number of ether oxygens (including phenoxy) is 2. The molecule has 0 radical (unpaired) electrons. The molecule has 1 aliphatic rings. The summed E-state index contributed by atoms with van der Waals surface area (Å²) in [5, 5.41) is 13.9. The molecule has 0 heterocycles. The molecule has 0 atom stereocenters. The lowest BCUT2D eigenvalue weighted by Gasteiger charge is -2.22. The van der Waals surface area contributed by atoms with Crippen LogP contribution in [0.4, 0.5) is 4.79 Å². The molecule has 0 aromatic heterocycles. The van der Waals surface area contributed by atoms with E-state index in [1.165, 1.54) is 19.6 Å². The van der Waals surface area contributed by atoms with Crippen molar-refractivity contribution in [2.75, 3.05) is 13.7 Å². The SMILES string of the molecule is COc1cc(C#N)ccc1OCC(=O)NC(=O)NC1CCCCC1. The lowest BCUT2D eigenvalue weighted by molar-refractivity contribution is -0.122. The first-order valence-electron chi connectivity index (χ1n) is 7.93. The average Bonchev–Trinajstić information content (AvgIpc) is 2.60. The summed E-state index contributed by atoms with van der Waals surface area (Å²) in [7, 11) is 1.45. The Bertz CT molecular complexity index is 633. The summed E-state index contributed by atoms with van der Waals surface area (Å²) in [5.74, 6) is 0.141. The normalized spacial score (nSPS) is 14.3. The topological polar surface area (TPSA) is 100 Å². The van der Waals surface area contributed by atoms with Crippen LogP contribution in [0.15, 0.2) is 18.2 Å². The van der Waals surface area contributed by atoms with Crippen LogP contribution in [-0.4, -0.2) is 31.7 Å². The van der Waals surface area contributed by atoms with Gasteiger partial charge in [-0.1, -0.05) is 19.3 Å². The van der Waals surface area contributed by atoms with Gasteiger partial charge in [0.15, 0.2) is 18.1 Å². The Hall–Kier alpha value is -2.75. The standard InChI is InChI=1S/C17H21N3O4/c1-23-15-9-12(10-18)7-8-14(15)24-11-16(21)20-17(22)19-13-5-3-2-4-6-13/h7-9,13H,2-6,11H2,1H3,(H2,19,20,21,22). The number of carbonyl (C=O) groups is 2. The molecule has 1 saturated carbocycles. The van der Waals surface area contributed by atoms with Gasteiger partial charge in [0, 0.05) is 12.1 Å². The molecule has 0 spiro atoms. The molecule has 24 heavy (non-hydrogen) atoms. The van der Waals surface area contributed by atoms with Crippen LogP contribution in [0.5, 0.6) is 11.5 Å². The van der Waals surface area contributed by atoms with Crippen molar-refractivity contribution in [2.45, 2.75) is 38.1 Å². The summed E-state index contributed by atoms with van der Waals surface area (Å²) >= 11 is 0. The molecule has 2 N–H and O–H groups in total. The van der Waals surface area contributed by atoms with E-state index >= 15 is 0 Å². The Morgan fingerprint density at radius 2 is 2.00 bits per heavy atom. The molecular formula is C17H21N3O4. The number of hydrogen-bond donors (Lipinski definition) is 2. The molecule has 0 bridgehead atoms. The molecule has 1 aromatic rings. The van der Waals surface area contributed by atoms with Crippen molar-refractivity contribution in [3.05, 3.63) is 23.8 Å². The first-order chi connectivity index (χ1) is 11.6. The van der Waals surface area contributed by atoms with Crippen molar-refractivity contribution < 1.29 is 19.1 Å². The minimum atomic E-state index is -0.547. The second kappa shape index (κ2) is 8.77. The van der Waals surface area contributed by atoms with Crippen LogP contribution >= 0.6 is 0 Å². The summed E-state index contributed by atoms with van der Waals surface area (Å²) < 4.78 is 10.5. The third-order valence-electron chi connectivity index (χ3n) is 3.84. The maximum absolute atomic E-state index is 11.8. The second-order valence-electron chi connectivity index (χ2n) is 5.62. The van der Waals surface area contributed by atoms with E-state index in [0.29, 0.717) is 17.1 Å². The molecule has 7 nitrogen and oxygen atoms in total. The van der Waals surface area contributed by atoms with Crippen LogP contribution in [-0.2, 0) is 4.79 Å². The molecule has 0 aliphatic heterocycles. The van der Waals surface area contributed by atoms with Crippen LogP contribution in [0.1, 0.15) is 37.7 Å². The Balaban J connectivity index is 1.80. The second-order valence-corrected chi connectivity index (χ2v) is 5.62. The largest absolute Gasteiger partial charge is 0.493 e. The minimum absolute atomic E-state index is 0.131. The minimum Gasteiger partial charge on any atom is -0.493 e. The molecule has 0 saturated heterocycles. The smallest absolute Gasteiger partial charge is 0.321 e. The highest BCUT2D eigenvalue weighted by Crippen LogP contribution is 2.27. The van der Waals surface area contributed by atoms with Crippen molar-refractivity contribution >= 4 is 11.9 Å². The van der Waals surface area contributed by atoms with Crippen LogP contribution < -0.4 is 20.1 Å². The van der Waals surface area contributed by atoms with E-state index in [1.807, 2.05) is 6.07 Å². The fraction of sp³-hybridized carbons (Fsp3) is 0.471. The summed E-state index contributed by atoms with van der Waals surface area (Å²) in [6.45, 7) is -0.319. The number of urea groups is 1. The Morgan fingerprint density at radius 3 is 2.67 bits per heavy atom. The molecular weight excluding hydrogens is 310 g/mol. The molecule has 7 heteroatoms. The van der Waals surface area contributed by atoms with Gasteiger partial charge in [-0.3, -0.25) is 10.1 Å². The predicted molar refractivity (Wildman–Crippen MR) is 86.8 cm³/mol. The van der Waals surface area contributed by atoms with Gasteiger partial charge in [0.05, 0.1) is 18.7 Å². The van der Waals surface area contributed by atoms with E-state index in [1.54, 1.807) is 12.1 Å². The Morgan fingerprint density at radius 1 is 1.25 bits per heavy atom. The maximum atomic E-state index is 11.8. The average molecular weight is 331 g/mol. The first-order valence-corrected chi connectivity index (χ1v) is 7.93. The van der Waals surface area contributed by atoms with Crippen LogP contribution in [0.2, 0.25) is 0 Å². The summed E-state index contributed by atoms with van der Waals surface area (Å²) in [5.41, 5.74) is 0.426. The van der Waals surface area contributed by atoms with Crippen LogP contribution in [0.3, 0.4) is 0 Å². The molecule has 1 aliphatic carbocycles. The van der Waals surface area contributed by atoms with E-state index in [0.717, 1.165) is 25.7 Å². The number of amides is 3. The fourth-order valence-corrected chi connectivity index (χ4v) is 2.63. The third kappa shape index (κ3) is 5.16. The summed E-state index contributed by atoms with van der Waals surface area (Å²) in [4.78, 5) is 23.6. The van der Waals surface area contributed by atoms with E-state index in [-0.39, 0.29) is 12.6 Å². The number of benzene rings is 1. The first kappa shape index (κ1) is 17.6.